The Hall–Kier alpha value is -1.22. The highest BCUT2D eigenvalue weighted by Gasteiger charge is 2.49. The van der Waals surface area contributed by atoms with Crippen molar-refractivity contribution >= 4 is 11.9 Å². The van der Waals surface area contributed by atoms with Gasteiger partial charge in [-0.25, -0.2) is 4.79 Å². The van der Waals surface area contributed by atoms with Crippen LogP contribution in [0.25, 0.3) is 0 Å². The first-order chi connectivity index (χ1) is 14.4. The number of ether oxygens (including phenoxy) is 2. The first-order valence-electron chi connectivity index (χ1n) is 11.7. The number of amides is 3. The lowest BCUT2D eigenvalue weighted by Gasteiger charge is -2.49. The molecule has 3 atom stereocenters. The summed E-state index contributed by atoms with van der Waals surface area (Å²) in [4.78, 5) is 32.2. The largest absolute Gasteiger partial charge is 0.348 e. The van der Waals surface area contributed by atoms with Crippen molar-refractivity contribution in [2.75, 3.05) is 59.5 Å². The molecule has 8 heteroatoms. The quantitative estimate of drug-likeness (QED) is 0.671. The molecule has 0 aromatic heterocycles. The number of nitrogens with zero attached hydrogens (tertiary/aromatic N) is 3. The van der Waals surface area contributed by atoms with Crippen LogP contribution in [0.5, 0.6) is 0 Å². The third-order valence-electron chi connectivity index (χ3n) is 7.14. The van der Waals surface area contributed by atoms with Gasteiger partial charge in [-0.15, -0.1) is 0 Å². The standard InChI is InChI=1S/C22H40N4O4/c1-5-23-21(28)26(11-10-25(6-2)7-3)20(27)18-14-17-15-22(29-12-13-30-22)9-8-19(17)24(4)16-18/h17-19H,5-16H2,1-4H3,(H,23,28)/t17-,18-,19-/m1/s1. The first-order valence-corrected chi connectivity index (χ1v) is 11.7. The van der Waals surface area contributed by atoms with Gasteiger partial charge in [0.05, 0.1) is 19.1 Å². The Balaban J connectivity index is 1.69. The van der Waals surface area contributed by atoms with Crippen LogP contribution in [-0.4, -0.2) is 98.0 Å². The van der Waals surface area contributed by atoms with Gasteiger partial charge in [-0.05, 0) is 45.8 Å². The predicted molar refractivity (Wildman–Crippen MR) is 115 cm³/mol. The van der Waals surface area contributed by atoms with Gasteiger partial charge in [-0.1, -0.05) is 13.8 Å². The molecule has 2 saturated heterocycles. The highest BCUT2D eigenvalue weighted by Crippen LogP contribution is 2.45. The third-order valence-corrected chi connectivity index (χ3v) is 7.14. The minimum atomic E-state index is -0.449. The fourth-order valence-electron chi connectivity index (χ4n) is 5.48. The van der Waals surface area contributed by atoms with Gasteiger partial charge in [-0.3, -0.25) is 9.69 Å². The number of likely N-dealkylation sites (N-methyl/N-ethyl adjacent to an activating group) is 1. The van der Waals surface area contributed by atoms with Crippen LogP contribution in [-0.2, 0) is 14.3 Å². The molecule has 30 heavy (non-hydrogen) atoms. The van der Waals surface area contributed by atoms with Crippen molar-refractivity contribution in [3.63, 3.8) is 0 Å². The van der Waals surface area contributed by atoms with E-state index in [2.05, 4.69) is 36.0 Å². The molecule has 172 valence electrons. The van der Waals surface area contributed by atoms with Crippen molar-refractivity contribution < 1.29 is 19.1 Å². The van der Waals surface area contributed by atoms with E-state index in [1.807, 2.05) is 6.92 Å². The van der Waals surface area contributed by atoms with Crippen LogP contribution in [0.15, 0.2) is 0 Å². The van der Waals surface area contributed by atoms with E-state index < -0.39 is 5.79 Å². The molecule has 1 saturated carbocycles. The first kappa shape index (κ1) is 23.4. The zero-order chi connectivity index (χ0) is 21.7. The normalized spacial score (nSPS) is 28.5. The van der Waals surface area contributed by atoms with E-state index in [1.165, 1.54) is 4.90 Å². The highest BCUT2D eigenvalue weighted by atomic mass is 16.7. The molecule has 3 rings (SSSR count). The van der Waals surface area contributed by atoms with Crippen molar-refractivity contribution in [2.45, 2.75) is 58.3 Å². The molecule has 0 radical (unpaired) electrons. The van der Waals surface area contributed by atoms with Gasteiger partial charge in [0.15, 0.2) is 5.79 Å². The van der Waals surface area contributed by atoms with Crippen LogP contribution in [0.4, 0.5) is 4.79 Å². The van der Waals surface area contributed by atoms with Gasteiger partial charge in [0.25, 0.3) is 0 Å². The maximum absolute atomic E-state index is 13.5. The van der Waals surface area contributed by atoms with E-state index in [0.717, 1.165) is 38.8 Å². The lowest BCUT2D eigenvalue weighted by molar-refractivity contribution is -0.202. The van der Waals surface area contributed by atoms with Gasteiger partial charge in [-0.2, -0.15) is 0 Å². The number of fused-ring (bicyclic) bond motifs is 1. The number of carbonyl (C=O) groups excluding carboxylic acids is 2. The summed E-state index contributed by atoms with van der Waals surface area (Å²) in [5.41, 5.74) is 0. The van der Waals surface area contributed by atoms with Crippen LogP contribution >= 0.6 is 0 Å². The Morgan fingerprint density at radius 2 is 1.83 bits per heavy atom. The molecule has 1 N–H and O–H groups in total. The number of nitrogens with one attached hydrogen (secondary N) is 1. The average Bonchev–Trinajstić information content (AvgIpc) is 3.18. The van der Waals surface area contributed by atoms with E-state index in [0.29, 0.717) is 51.4 Å². The summed E-state index contributed by atoms with van der Waals surface area (Å²) >= 11 is 0. The second kappa shape index (κ2) is 10.4. The summed E-state index contributed by atoms with van der Waals surface area (Å²) in [7, 11) is 2.11. The van der Waals surface area contributed by atoms with Crippen molar-refractivity contribution in [3.05, 3.63) is 0 Å². The van der Waals surface area contributed by atoms with Gasteiger partial charge < -0.3 is 24.6 Å². The van der Waals surface area contributed by atoms with Crippen LogP contribution < -0.4 is 5.32 Å². The molecule has 0 aromatic carbocycles. The molecule has 1 spiro atoms. The van der Waals surface area contributed by atoms with Crippen molar-refractivity contribution in [1.82, 2.24) is 20.0 Å². The fraction of sp³-hybridized carbons (Fsp3) is 0.909. The Morgan fingerprint density at radius 1 is 1.13 bits per heavy atom. The van der Waals surface area contributed by atoms with Gasteiger partial charge in [0.2, 0.25) is 5.91 Å². The summed E-state index contributed by atoms with van der Waals surface area (Å²) < 4.78 is 11.9. The molecule has 3 fully saturated rings. The summed E-state index contributed by atoms with van der Waals surface area (Å²) in [6.45, 7) is 11.6. The van der Waals surface area contributed by atoms with Crippen LogP contribution in [0.1, 0.15) is 46.5 Å². The molecule has 1 aliphatic carbocycles. The molecule has 2 aliphatic heterocycles. The van der Waals surface area contributed by atoms with Gasteiger partial charge in [0.1, 0.15) is 0 Å². The average molecular weight is 425 g/mol. The minimum Gasteiger partial charge on any atom is -0.348 e. The molecular formula is C22H40N4O4. The van der Waals surface area contributed by atoms with Crippen LogP contribution in [0.2, 0.25) is 0 Å². The van der Waals surface area contributed by atoms with E-state index in [-0.39, 0.29) is 17.9 Å². The van der Waals surface area contributed by atoms with Gasteiger partial charge in [0, 0.05) is 45.1 Å². The Bertz CT molecular complexity index is 592. The second-order valence-electron chi connectivity index (χ2n) is 8.90. The Morgan fingerprint density at radius 3 is 2.47 bits per heavy atom. The molecule has 3 aliphatic rings. The van der Waals surface area contributed by atoms with E-state index in [9.17, 15) is 9.59 Å². The third kappa shape index (κ3) is 5.15. The number of imide groups is 1. The number of rotatable bonds is 7. The number of piperidine rings is 1. The summed E-state index contributed by atoms with van der Waals surface area (Å²) in [5, 5.41) is 2.83. The van der Waals surface area contributed by atoms with E-state index in [4.69, 9.17) is 9.47 Å². The molecular weight excluding hydrogens is 384 g/mol. The zero-order valence-corrected chi connectivity index (χ0v) is 19.2. The van der Waals surface area contributed by atoms with Gasteiger partial charge >= 0.3 is 6.03 Å². The number of urea groups is 1. The molecule has 3 amide bonds. The molecule has 8 nitrogen and oxygen atoms in total. The Kier molecular flexibility index (Phi) is 8.12. The predicted octanol–water partition coefficient (Wildman–Crippen LogP) is 1.75. The smallest absolute Gasteiger partial charge is 0.324 e. The van der Waals surface area contributed by atoms with E-state index >= 15 is 0 Å². The maximum atomic E-state index is 13.5. The fourth-order valence-corrected chi connectivity index (χ4v) is 5.48. The van der Waals surface area contributed by atoms with Crippen molar-refractivity contribution in [3.8, 4) is 0 Å². The number of hydrogen-bond donors (Lipinski definition) is 1. The Labute approximate surface area is 181 Å². The molecule has 0 bridgehead atoms. The lowest BCUT2D eigenvalue weighted by Crippen LogP contribution is -2.57. The minimum absolute atomic E-state index is 0.0497. The van der Waals surface area contributed by atoms with Crippen LogP contribution in [0.3, 0.4) is 0 Å². The number of likely N-dealkylation sites (tertiary alicyclic amines) is 1. The maximum Gasteiger partial charge on any atom is 0.324 e. The molecule has 2 heterocycles. The van der Waals surface area contributed by atoms with E-state index in [1.54, 1.807) is 0 Å². The number of carbonyl (C=O) groups is 2. The van der Waals surface area contributed by atoms with Crippen molar-refractivity contribution in [1.29, 1.82) is 0 Å². The molecule has 0 aromatic rings. The summed E-state index contributed by atoms with van der Waals surface area (Å²) in [6, 6.07) is 0.183. The highest BCUT2D eigenvalue weighted by molar-refractivity contribution is 5.95. The topological polar surface area (TPSA) is 74.4 Å². The number of hydrogen-bond acceptors (Lipinski definition) is 6. The molecule has 0 unspecified atom stereocenters. The van der Waals surface area contributed by atoms with Crippen molar-refractivity contribution in [2.24, 2.45) is 11.8 Å². The van der Waals surface area contributed by atoms with Crippen LogP contribution in [0, 0.1) is 11.8 Å². The second-order valence-corrected chi connectivity index (χ2v) is 8.90. The zero-order valence-electron chi connectivity index (χ0n) is 19.2. The summed E-state index contributed by atoms with van der Waals surface area (Å²) in [6.07, 6.45) is 3.59. The lowest BCUT2D eigenvalue weighted by atomic mass is 9.72. The monoisotopic (exact) mass is 424 g/mol. The SMILES string of the molecule is CCNC(=O)N(CCN(CC)CC)C(=O)[C@@H]1C[C@@H]2CC3(CC[C@H]2N(C)C1)OCCO3. The summed E-state index contributed by atoms with van der Waals surface area (Å²) in [5.74, 6) is -0.323.